The first-order valence-corrected chi connectivity index (χ1v) is 11.0. The highest BCUT2D eigenvalue weighted by atomic mass is 79.9. The van der Waals surface area contributed by atoms with Gasteiger partial charge in [-0.15, -0.1) is 5.10 Å². The maximum Gasteiger partial charge on any atom is 0.335 e. The van der Waals surface area contributed by atoms with E-state index in [2.05, 4.69) is 26.1 Å². The number of nitrogens with zero attached hydrogens (tertiary/aromatic N) is 3. The first-order valence-electron chi connectivity index (χ1n) is 9.29. The van der Waals surface area contributed by atoms with E-state index in [9.17, 15) is 14.4 Å². The lowest BCUT2D eigenvalue weighted by atomic mass is 10.1. The first-order chi connectivity index (χ1) is 15.2. The number of methoxy groups -OCH3 is 1. The zero-order chi connectivity index (χ0) is 23.4. The number of amides is 2. The van der Waals surface area contributed by atoms with Gasteiger partial charge in [0.05, 0.1) is 28.5 Å². The van der Waals surface area contributed by atoms with Gasteiger partial charge in [0.15, 0.2) is 5.17 Å². The molecule has 0 aromatic heterocycles. The maximum atomic E-state index is 12.7. The number of amidine groups is 1. The number of carboxylic acid groups (broad SMARTS) is 1. The molecule has 1 saturated heterocycles. The number of rotatable bonds is 6. The maximum absolute atomic E-state index is 12.7. The fourth-order valence-corrected chi connectivity index (χ4v) is 4.32. The number of carbonyl (C=O) groups is 3. The molecule has 1 unspecified atom stereocenters. The number of aromatic carboxylic acids is 1. The van der Waals surface area contributed by atoms with Crippen LogP contribution in [0.2, 0.25) is 0 Å². The number of thioether (sulfide) groups is 1. The van der Waals surface area contributed by atoms with Gasteiger partial charge in [-0.3, -0.25) is 9.59 Å². The van der Waals surface area contributed by atoms with E-state index in [1.807, 2.05) is 12.1 Å². The van der Waals surface area contributed by atoms with Crippen molar-refractivity contribution in [1.82, 2.24) is 0 Å². The molecule has 2 aromatic rings. The summed E-state index contributed by atoms with van der Waals surface area (Å²) in [6.45, 7) is 1.77. The van der Waals surface area contributed by atoms with E-state index in [0.717, 1.165) is 26.7 Å². The highest BCUT2D eigenvalue weighted by Gasteiger charge is 2.40. The minimum Gasteiger partial charge on any atom is -0.496 e. The van der Waals surface area contributed by atoms with Crippen LogP contribution < -0.4 is 15.4 Å². The number of halogens is 1. The monoisotopic (exact) mass is 518 g/mol. The summed E-state index contributed by atoms with van der Waals surface area (Å²) in [4.78, 5) is 37.1. The molecule has 0 radical (unpaired) electrons. The van der Waals surface area contributed by atoms with Crippen molar-refractivity contribution in [2.24, 2.45) is 15.9 Å². The average molecular weight is 519 g/mol. The average Bonchev–Trinajstić information content (AvgIpc) is 3.04. The minimum atomic E-state index is -1.09. The molecule has 2 amide bonds. The fraction of sp³-hybridized carbons (Fsp3) is 0.190. The third kappa shape index (κ3) is 5.17. The van der Waals surface area contributed by atoms with Crippen molar-refractivity contribution in [3.63, 3.8) is 0 Å². The van der Waals surface area contributed by atoms with Crippen LogP contribution in [0.15, 0.2) is 57.1 Å². The van der Waals surface area contributed by atoms with Crippen LogP contribution in [0.5, 0.6) is 5.75 Å². The third-order valence-corrected chi connectivity index (χ3v) is 6.20. The Morgan fingerprint density at radius 3 is 2.44 bits per heavy atom. The molecule has 166 valence electrons. The molecule has 0 saturated carbocycles. The number of carbonyl (C=O) groups excluding carboxylic acids is 2. The van der Waals surface area contributed by atoms with Crippen molar-refractivity contribution in [2.45, 2.75) is 18.6 Å². The smallest absolute Gasteiger partial charge is 0.335 e. The second kappa shape index (κ2) is 9.96. The van der Waals surface area contributed by atoms with Gasteiger partial charge < -0.3 is 15.6 Å². The summed E-state index contributed by atoms with van der Waals surface area (Å²) < 4.78 is 5.97. The molecule has 1 atom stereocenters. The summed E-state index contributed by atoms with van der Waals surface area (Å²) in [6, 6.07) is 11.0. The summed E-state index contributed by atoms with van der Waals surface area (Å²) in [6.07, 6.45) is -0.0471. The number of nitrogens with two attached hydrogens (primary N) is 1. The van der Waals surface area contributed by atoms with E-state index in [1.54, 1.807) is 20.1 Å². The van der Waals surface area contributed by atoms with Gasteiger partial charge in [0.2, 0.25) is 11.8 Å². The van der Waals surface area contributed by atoms with Crippen molar-refractivity contribution >= 4 is 62.0 Å². The van der Waals surface area contributed by atoms with Crippen LogP contribution in [0.4, 0.5) is 5.69 Å². The lowest BCUT2D eigenvalue weighted by Crippen LogP contribution is -2.31. The van der Waals surface area contributed by atoms with Gasteiger partial charge in [0.1, 0.15) is 11.0 Å². The van der Waals surface area contributed by atoms with Crippen molar-refractivity contribution in [1.29, 1.82) is 0 Å². The first kappa shape index (κ1) is 23.5. The minimum absolute atomic E-state index is 0.0471. The molecule has 1 aliphatic rings. The zero-order valence-corrected chi connectivity index (χ0v) is 19.5. The van der Waals surface area contributed by atoms with Crippen LogP contribution in [0.3, 0.4) is 0 Å². The molecule has 0 bridgehead atoms. The number of hydrogen-bond donors (Lipinski definition) is 2. The molecule has 1 fully saturated rings. The highest BCUT2D eigenvalue weighted by Crippen LogP contribution is 2.30. The van der Waals surface area contributed by atoms with Crippen LogP contribution >= 0.6 is 27.7 Å². The number of ether oxygens (including phenoxy) is 1. The lowest BCUT2D eigenvalue weighted by Gasteiger charge is -2.14. The van der Waals surface area contributed by atoms with Crippen LogP contribution in [-0.4, -0.2) is 46.1 Å². The predicted molar refractivity (Wildman–Crippen MR) is 126 cm³/mol. The Kier molecular flexibility index (Phi) is 7.31. The molecule has 1 heterocycles. The van der Waals surface area contributed by atoms with Crippen LogP contribution in [0.1, 0.15) is 29.3 Å². The summed E-state index contributed by atoms with van der Waals surface area (Å²) in [5.74, 6) is -1.25. The molecule has 11 heteroatoms. The Morgan fingerprint density at radius 2 is 1.84 bits per heavy atom. The molecule has 0 spiro atoms. The second-order valence-corrected chi connectivity index (χ2v) is 8.78. The van der Waals surface area contributed by atoms with E-state index in [1.165, 1.54) is 24.3 Å². The lowest BCUT2D eigenvalue weighted by molar-refractivity contribution is -0.121. The van der Waals surface area contributed by atoms with Crippen molar-refractivity contribution < 1.29 is 24.2 Å². The number of imide groups is 1. The summed E-state index contributed by atoms with van der Waals surface area (Å²) in [5, 5.41) is 16.4. The Balaban J connectivity index is 1.70. The third-order valence-electron chi connectivity index (χ3n) is 4.61. The molecule has 3 rings (SSSR count). The molecule has 0 aliphatic carbocycles. The molecule has 1 aliphatic heterocycles. The molecule has 9 nitrogen and oxygen atoms in total. The fourth-order valence-electron chi connectivity index (χ4n) is 2.96. The second-order valence-electron chi connectivity index (χ2n) is 6.70. The van der Waals surface area contributed by atoms with Gasteiger partial charge in [0, 0.05) is 6.42 Å². The number of benzene rings is 2. The van der Waals surface area contributed by atoms with Crippen molar-refractivity contribution in [3.05, 3.63) is 58.1 Å². The molecule has 3 N–H and O–H groups in total. The summed E-state index contributed by atoms with van der Waals surface area (Å²) in [5.41, 5.74) is 7.71. The number of anilines is 1. The summed E-state index contributed by atoms with van der Waals surface area (Å²) in [7, 11) is 1.57. The zero-order valence-electron chi connectivity index (χ0n) is 17.1. The molecule has 2 aromatic carbocycles. The SMILES string of the molecule is COc1ccc(/C(C)=N/N=C(N)SC2CC(=O)N(c3ccc(C(=O)O)cc3)C2=O)cc1Br. The van der Waals surface area contributed by atoms with Gasteiger partial charge in [-0.2, -0.15) is 5.10 Å². The number of hydrogen-bond acceptors (Lipinski definition) is 7. The van der Waals surface area contributed by atoms with E-state index < -0.39 is 23.0 Å². The van der Waals surface area contributed by atoms with Crippen LogP contribution in [-0.2, 0) is 9.59 Å². The topological polar surface area (TPSA) is 135 Å². The standard InChI is InChI=1S/C21H19BrN4O5S/c1-11(13-5-8-16(31-2)15(22)9-13)24-25-21(23)32-17-10-18(27)26(19(17)28)14-6-3-12(4-7-14)20(29)30/h3-9,17H,10H2,1-2H3,(H2,23,25)(H,29,30)/b24-11+. The van der Waals surface area contributed by atoms with Crippen molar-refractivity contribution in [2.75, 3.05) is 12.0 Å². The van der Waals surface area contributed by atoms with Crippen LogP contribution in [0.25, 0.3) is 0 Å². The van der Waals surface area contributed by atoms with Crippen LogP contribution in [0, 0.1) is 0 Å². The number of carboxylic acids is 1. The van der Waals surface area contributed by atoms with Gasteiger partial charge in [0.25, 0.3) is 0 Å². The Morgan fingerprint density at radius 1 is 1.19 bits per heavy atom. The predicted octanol–water partition coefficient (Wildman–Crippen LogP) is 3.26. The molecule has 32 heavy (non-hydrogen) atoms. The molecular formula is C21H19BrN4O5S. The quantitative estimate of drug-likeness (QED) is 0.259. The van der Waals surface area contributed by atoms with Crippen molar-refractivity contribution in [3.8, 4) is 5.75 Å². The molecular weight excluding hydrogens is 500 g/mol. The Bertz CT molecular complexity index is 1130. The highest BCUT2D eigenvalue weighted by molar-refractivity contribution is 9.10. The van der Waals surface area contributed by atoms with Gasteiger partial charge >= 0.3 is 5.97 Å². The summed E-state index contributed by atoms with van der Waals surface area (Å²) >= 11 is 4.37. The normalized spacial score (nSPS) is 17.1. The largest absolute Gasteiger partial charge is 0.496 e. The van der Waals surface area contributed by atoms with E-state index >= 15 is 0 Å². The Labute approximate surface area is 196 Å². The Hall–Kier alpha value is -3.18. The van der Waals surface area contributed by atoms with E-state index in [0.29, 0.717) is 17.1 Å². The van der Waals surface area contributed by atoms with Gasteiger partial charge in [-0.25, -0.2) is 9.69 Å². The van der Waals surface area contributed by atoms with Gasteiger partial charge in [-0.05, 0) is 70.9 Å². The van der Waals surface area contributed by atoms with Gasteiger partial charge in [-0.1, -0.05) is 11.8 Å². The van der Waals surface area contributed by atoms with E-state index in [4.69, 9.17) is 15.6 Å². The van der Waals surface area contributed by atoms with E-state index in [-0.39, 0.29) is 17.2 Å².